The third kappa shape index (κ3) is 4.61. The first kappa shape index (κ1) is 18.8. The molecule has 0 aromatic heterocycles. The van der Waals surface area contributed by atoms with Crippen LogP contribution in [-0.2, 0) is 11.3 Å². The Balaban J connectivity index is 1.70. The first-order chi connectivity index (χ1) is 13.1. The summed E-state index contributed by atoms with van der Waals surface area (Å²) in [5.41, 5.74) is 2.37. The minimum Gasteiger partial charge on any atom is -0.491 e. The van der Waals surface area contributed by atoms with Crippen LogP contribution in [0.5, 0.6) is 17.2 Å². The lowest BCUT2D eigenvalue weighted by Crippen LogP contribution is -2.28. The van der Waals surface area contributed by atoms with Crippen LogP contribution in [0.15, 0.2) is 48.0 Å². The maximum Gasteiger partial charge on any atom is 0.250 e. The predicted molar refractivity (Wildman–Crippen MR) is 105 cm³/mol. The second-order valence-electron chi connectivity index (χ2n) is 6.52. The molecule has 1 amide bonds. The largest absolute Gasteiger partial charge is 0.491 e. The second kappa shape index (κ2) is 8.62. The monoisotopic (exact) mass is 367 g/mol. The highest BCUT2D eigenvalue weighted by Crippen LogP contribution is 2.35. The van der Waals surface area contributed by atoms with Crippen molar-refractivity contribution in [1.82, 2.24) is 5.32 Å². The number of benzene rings is 2. The van der Waals surface area contributed by atoms with E-state index in [1.807, 2.05) is 69.3 Å². The molecular weight excluding hydrogens is 342 g/mol. The molecule has 0 spiro atoms. The summed E-state index contributed by atoms with van der Waals surface area (Å²) in [5.74, 6) is 2.02. The molecule has 2 aromatic carbocycles. The molecule has 142 valence electrons. The van der Waals surface area contributed by atoms with Crippen LogP contribution in [0.25, 0.3) is 6.08 Å². The Bertz CT molecular complexity index is 842. The molecule has 5 heteroatoms. The molecule has 0 bridgehead atoms. The maximum atomic E-state index is 12.6. The number of nitrogens with one attached hydrogen (secondary N) is 1. The fraction of sp³-hybridized carbons (Fsp3) is 0.318. The average Bonchev–Trinajstić information content (AvgIpc) is 2.66. The zero-order valence-corrected chi connectivity index (χ0v) is 16.0. The van der Waals surface area contributed by atoms with Crippen molar-refractivity contribution in [3.8, 4) is 17.2 Å². The summed E-state index contributed by atoms with van der Waals surface area (Å²) in [6.07, 6.45) is 1.93. The summed E-state index contributed by atoms with van der Waals surface area (Å²) in [7, 11) is 0. The highest BCUT2D eigenvalue weighted by molar-refractivity contribution is 5.99. The van der Waals surface area contributed by atoms with Crippen LogP contribution in [0.4, 0.5) is 0 Å². The quantitative estimate of drug-likeness (QED) is 0.805. The van der Waals surface area contributed by atoms with Gasteiger partial charge in [0.2, 0.25) is 0 Å². The number of hydrogen-bond acceptors (Lipinski definition) is 4. The predicted octanol–water partition coefficient (Wildman–Crippen LogP) is 3.96. The summed E-state index contributed by atoms with van der Waals surface area (Å²) >= 11 is 0. The van der Waals surface area contributed by atoms with E-state index in [4.69, 9.17) is 14.2 Å². The van der Waals surface area contributed by atoms with Crippen LogP contribution in [-0.4, -0.2) is 25.2 Å². The molecule has 0 unspecified atom stereocenters. The van der Waals surface area contributed by atoms with Crippen LogP contribution in [0.3, 0.4) is 0 Å². The van der Waals surface area contributed by atoms with Crippen molar-refractivity contribution in [2.45, 2.75) is 33.4 Å². The van der Waals surface area contributed by atoms with Gasteiger partial charge in [0.25, 0.3) is 5.91 Å². The number of carbonyl (C=O) groups is 1. The van der Waals surface area contributed by atoms with Crippen molar-refractivity contribution in [2.24, 2.45) is 0 Å². The molecule has 0 aliphatic carbocycles. The third-order valence-electron chi connectivity index (χ3n) is 4.08. The van der Waals surface area contributed by atoms with Gasteiger partial charge in [-0.05, 0) is 39.0 Å². The maximum absolute atomic E-state index is 12.6. The molecule has 0 saturated heterocycles. The summed E-state index contributed by atoms with van der Waals surface area (Å²) in [4.78, 5) is 12.6. The van der Waals surface area contributed by atoms with Crippen molar-refractivity contribution >= 4 is 12.0 Å². The van der Waals surface area contributed by atoms with Gasteiger partial charge < -0.3 is 19.5 Å². The standard InChI is InChI=1S/C22H25NO4/c1-4-25-20-11-7-9-16-12-18(14-26-21(16)20)22(24)23-13-17-8-5-6-10-19(17)27-15(2)3/h5-12,15H,4,13-14H2,1-3H3,(H,23,24). The van der Waals surface area contributed by atoms with Crippen molar-refractivity contribution in [3.05, 3.63) is 59.2 Å². The number of carbonyl (C=O) groups excluding carboxylic acids is 1. The second-order valence-corrected chi connectivity index (χ2v) is 6.52. The minimum absolute atomic E-state index is 0.0762. The van der Waals surface area contributed by atoms with Crippen molar-refractivity contribution in [3.63, 3.8) is 0 Å². The van der Waals surface area contributed by atoms with E-state index in [2.05, 4.69) is 5.32 Å². The van der Waals surface area contributed by atoms with Crippen LogP contribution >= 0.6 is 0 Å². The highest BCUT2D eigenvalue weighted by atomic mass is 16.5. The molecule has 1 aliphatic heterocycles. The number of para-hydroxylation sites is 2. The molecule has 2 aromatic rings. The van der Waals surface area contributed by atoms with Crippen LogP contribution in [0.1, 0.15) is 31.9 Å². The van der Waals surface area contributed by atoms with Gasteiger partial charge >= 0.3 is 0 Å². The zero-order chi connectivity index (χ0) is 19.2. The summed E-state index contributed by atoms with van der Waals surface area (Å²) in [5, 5.41) is 2.95. The summed E-state index contributed by atoms with van der Waals surface area (Å²) in [6, 6.07) is 13.4. The van der Waals surface area contributed by atoms with Gasteiger partial charge in [0.05, 0.1) is 18.3 Å². The van der Waals surface area contributed by atoms with E-state index >= 15 is 0 Å². The molecule has 1 aliphatic rings. The molecule has 0 fully saturated rings. The van der Waals surface area contributed by atoms with E-state index in [0.29, 0.717) is 30.2 Å². The van der Waals surface area contributed by atoms with Gasteiger partial charge in [-0.15, -0.1) is 0 Å². The third-order valence-corrected chi connectivity index (χ3v) is 4.08. The first-order valence-corrected chi connectivity index (χ1v) is 9.20. The van der Waals surface area contributed by atoms with Crippen LogP contribution < -0.4 is 19.5 Å². The Kier molecular flexibility index (Phi) is 6.01. The Hall–Kier alpha value is -2.95. The Morgan fingerprint density at radius 3 is 2.70 bits per heavy atom. The molecular formula is C22H25NO4. The Labute approximate surface area is 159 Å². The van der Waals surface area contributed by atoms with E-state index in [1.165, 1.54) is 0 Å². The van der Waals surface area contributed by atoms with E-state index in [9.17, 15) is 4.79 Å². The van der Waals surface area contributed by atoms with Gasteiger partial charge in [0, 0.05) is 17.7 Å². The molecule has 0 saturated carbocycles. The molecule has 3 rings (SSSR count). The Morgan fingerprint density at radius 2 is 1.93 bits per heavy atom. The van der Waals surface area contributed by atoms with Gasteiger partial charge in [-0.3, -0.25) is 4.79 Å². The molecule has 27 heavy (non-hydrogen) atoms. The summed E-state index contributed by atoms with van der Waals surface area (Å²) < 4.78 is 17.2. The fourth-order valence-corrected chi connectivity index (χ4v) is 2.89. The summed E-state index contributed by atoms with van der Waals surface area (Å²) in [6.45, 7) is 7.06. The fourth-order valence-electron chi connectivity index (χ4n) is 2.89. The van der Waals surface area contributed by atoms with Crippen molar-refractivity contribution in [1.29, 1.82) is 0 Å². The number of ether oxygens (including phenoxy) is 3. The highest BCUT2D eigenvalue weighted by Gasteiger charge is 2.20. The van der Waals surface area contributed by atoms with Crippen LogP contribution in [0, 0.1) is 0 Å². The molecule has 1 N–H and O–H groups in total. The number of hydrogen-bond donors (Lipinski definition) is 1. The number of rotatable bonds is 7. The zero-order valence-electron chi connectivity index (χ0n) is 16.0. The molecule has 0 radical (unpaired) electrons. The van der Waals surface area contributed by atoms with E-state index in [-0.39, 0.29) is 18.6 Å². The van der Waals surface area contributed by atoms with E-state index in [0.717, 1.165) is 16.9 Å². The molecule has 1 heterocycles. The normalized spacial score (nSPS) is 12.7. The van der Waals surface area contributed by atoms with Gasteiger partial charge in [-0.25, -0.2) is 0 Å². The van der Waals surface area contributed by atoms with E-state index in [1.54, 1.807) is 0 Å². The lowest BCUT2D eigenvalue weighted by atomic mass is 10.1. The van der Waals surface area contributed by atoms with Gasteiger partial charge in [0.1, 0.15) is 12.4 Å². The van der Waals surface area contributed by atoms with Crippen LogP contribution in [0.2, 0.25) is 0 Å². The molecule has 5 nitrogen and oxygen atoms in total. The average molecular weight is 367 g/mol. The lowest BCUT2D eigenvalue weighted by Gasteiger charge is -2.20. The molecule has 0 atom stereocenters. The number of amides is 1. The van der Waals surface area contributed by atoms with Gasteiger partial charge in [-0.1, -0.05) is 30.3 Å². The van der Waals surface area contributed by atoms with E-state index < -0.39 is 0 Å². The van der Waals surface area contributed by atoms with Crippen molar-refractivity contribution < 1.29 is 19.0 Å². The van der Waals surface area contributed by atoms with Gasteiger partial charge in [0.15, 0.2) is 11.5 Å². The SMILES string of the molecule is CCOc1cccc2c1OCC(C(=O)NCc1ccccc1OC(C)C)=C2. The van der Waals surface area contributed by atoms with Crippen molar-refractivity contribution in [2.75, 3.05) is 13.2 Å². The van der Waals surface area contributed by atoms with Gasteiger partial charge in [-0.2, -0.15) is 0 Å². The smallest absolute Gasteiger partial charge is 0.250 e. The Morgan fingerprint density at radius 1 is 1.15 bits per heavy atom. The lowest BCUT2D eigenvalue weighted by molar-refractivity contribution is -0.117. The topological polar surface area (TPSA) is 56.8 Å². The first-order valence-electron chi connectivity index (χ1n) is 9.20. The number of fused-ring (bicyclic) bond motifs is 1. The minimum atomic E-state index is -0.151.